The Bertz CT molecular complexity index is 103. The van der Waals surface area contributed by atoms with Gasteiger partial charge in [-0.05, 0) is 11.5 Å². The molecule has 0 atom stereocenters. The van der Waals surface area contributed by atoms with E-state index >= 15 is 0 Å². The summed E-state index contributed by atoms with van der Waals surface area (Å²) in [5.74, 6) is 0. The first kappa shape index (κ1) is 10.2. The molecule has 11 heavy (non-hydrogen) atoms. The van der Waals surface area contributed by atoms with Crippen molar-refractivity contribution in [2.24, 2.45) is 0 Å². The van der Waals surface area contributed by atoms with E-state index in [1.807, 2.05) is 0 Å². The summed E-state index contributed by atoms with van der Waals surface area (Å²) in [6.07, 6.45) is 1.42. The maximum absolute atomic E-state index is 9.66. The van der Waals surface area contributed by atoms with Crippen LogP contribution in [-0.2, 0) is 14.8 Å². The third kappa shape index (κ3) is 9.19. The summed E-state index contributed by atoms with van der Waals surface area (Å²) in [5, 5.41) is 11.7. The highest BCUT2D eigenvalue weighted by molar-refractivity contribution is 5.55. The summed E-state index contributed by atoms with van der Waals surface area (Å²) in [4.78, 5) is 17.6. The lowest BCUT2D eigenvalue weighted by Gasteiger charge is -1.98. The molecular weight excluding hydrogens is 152 g/mol. The number of carboxylic acid groups (broad SMARTS) is 1. The highest BCUT2D eigenvalue weighted by Gasteiger charge is 1.96. The zero-order valence-electron chi connectivity index (χ0n) is 6.41. The van der Waals surface area contributed by atoms with E-state index in [-0.39, 0.29) is 0 Å². The summed E-state index contributed by atoms with van der Waals surface area (Å²) >= 11 is 0. The first-order valence-electron chi connectivity index (χ1n) is 3.46. The van der Waals surface area contributed by atoms with E-state index in [9.17, 15) is 4.79 Å². The molecule has 0 saturated carbocycles. The fraction of sp³-hybridized carbons (Fsp3) is 0.833. The summed E-state index contributed by atoms with van der Waals surface area (Å²) in [6, 6.07) is 0. The number of hydrogen-bond acceptors (Lipinski definition) is 4. The fourth-order valence-corrected chi connectivity index (χ4v) is 0.498. The van der Waals surface area contributed by atoms with E-state index < -0.39 is 6.16 Å². The molecule has 0 heterocycles. The van der Waals surface area contributed by atoms with Crippen molar-refractivity contribution in [3.05, 3.63) is 0 Å². The number of hydrogen-bond donors (Lipinski definition) is 1. The third-order valence-electron chi connectivity index (χ3n) is 0.985. The second kappa shape index (κ2) is 7.30. The molecule has 0 saturated heterocycles. The second-order valence-electron chi connectivity index (χ2n) is 1.95. The molecule has 0 aliphatic carbocycles. The Balaban J connectivity index is 2.85. The molecule has 0 fully saturated rings. The van der Waals surface area contributed by atoms with Gasteiger partial charge in [0.15, 0.2) is 0 Å². The van der Waals surface area contributed by atoms with Gasteiger partial charge in [0.05, 0.1) is 6.61 Å². The second-order valence-corrected chi connectivity index (χ2v) is 1.95. The number of carbonyl (C=O) groups is 1. The Morgan fingerprint density at radius 3 is 2.73 bits per heavy atom. The van der Waals surface area contributed by atoms with Gasteiger partial charge in [0, 0.05) is 0 Å². The molecule has 0 aliphatic heterocycles. The first-order valence-corrected chi connectivity index (χ1v) is 3.46. The maximum atomic E-state index is 9.66. The van der Waals surface area contributed by atoms with Crippen LogP contribution in [0.3, 0.4) is 0 Å². The Hall–Kier alpha value is -0.810. The Morgan fingerprint density at radius 2 is 2.18 bits per heavy atom. The lowest BCUT2D eigenvalue weighted by atomic mass is 10.3. The van der Waals surface area contributed by atoms with Crippen LogP contribution in [0.2, 0.25) is 0 Å². The predicted octanol–water partition coefficient (Wildman–Crippen LogP) is 1.73. The average Bonchev–Trinajstić information content (AvgIpc) is 1.96. The molecule has 0 aromatic carbocycles. The van der Waals surface area contributed by atoms with Crippen LogP contribution >= 0.6 is 0 Å². The van der Waals surface area contributed by atoms with Gasteiger partial charge in [-0.3, -0.25) is 0 Å². The molecule has 0 aliphatic rings. The number of unbranched alkanes of at least 4 members (excludes halogenated alkanes) is 2. The van der Waals surface area contributed by atoms with Gasteiger partial charge in [-0.25, -0.2) is 9.68 Å². The van der Waals surface area contributed by atoms with Crippen molar-refractivity contribution < 1.29 is 24.7 Å². The fourth-order valence-electron chi connectivity index (χ4n) is 0.498. The molecule has 0 rings (SSSR count). The van der Waals surface area contributed by atoms with Gasteiger partial charge in [0.1, 0.15) is 0 Å². The molecule has 5 nitrogen and oxygen atoms in total. The standard InChI is InChI=1S/C6H12O5/c1-2-3-4-5-9-11-10-6(7)8/h2-5H2,1H3,(H,7,8). The summed E-state index contributed by atoms with van der Waals surface area (Å²) < 4.78 is 0. The highest BCUT2D eigenvalue weighted by Crippen LogP contribution is 1.94. The van der Waals surface area contributed by atoms with Gasteiger partial charge in [-0.1, -0.05) is 19.8 Å². The molecule has 66 valence electrons. The smallest absolute Gasteiger partial charge is 0.448 e. The minimum Gasteiger partial charge on any atom is -0.448 e. The van der Waals surface area contributed by atoms with Crippen LogP contribution < -0.4 is 0 Å². The van der Waals surface area contributed by atoms with Crippen LogP contribution in [0.1, 0.15) is 26.2 Å². The van der Waals surface area contributed by atoms with Crippen LogP contribution in [0.5, 0.6) is 0 Å². The molecule has 0 radical (unpaired) electrons. The van der Waals surface area contributed by atoms with Crippen molar-refractivity contribution in [3.63, 3.8) is 0 Å². The van der Waals surface area contributed by atoms with Crippen molar-refractivity contribution in [2.75, 3.05) is 6.61 Å². The van der Waals surface area contributed by atoms with Crippen LogP contribution in [0, 0.1) is 0 Å². The van der Waals surface area contributed by atoms with Crippen LogP contribution in [0.4, 0.5) is 4.79 Å². The van der Waals surface area contributed by atoms with E-state index in [4.69, 9.17) is 5.11 Å². The third-order valence-corrected chi connectivity index (χ3v) is 0.985. The molecule has 5 heteroatoms. The molecule has 0 aromatic heterocycles. The molecule has 0 spiro atoms. The Labute approximate surface area is 64.7 Å². The lowest BCUT2D eigenvalue weighted by Crippen LogP contribution is -2.03. The Morgan fingerprint density at radius 1 is 1.45 bits per heavy atom. The zero-order valence-corrected chi connectivity index (χ0v) is 6.41. The predicted molar refractivity (Wildman–Crippen MR) is 35.7 cm³/mol. The van der Waals surface area contributed by atoms with Crippen molar-refractivity contribution in [3.8, 4) is 0 Å². The monoisotopic (exact) mass is 164 g/mol. The topological polar surface area (TPSA) is 65.0 Å². The van der Waals surface area contributed by atoms with Crippen LogP contribution in [-0.4, -0.2) is 17.9 Å². The summed E-state index contributed by atoms with van der Waals surface area (Å²) in [5.41, 5.74) is 0. The minimum atomic E-state index is -1.51. The molecule has 1 N–H and O–H groups in total. The lowest BCUT2D eigenvalue weighted by molar-refractivity contribution is -0.485. The van der Waals surface area contributed by atoms with Gasteiger partial charge in [-0.15, -0.1) is 0 Å². The normalized spacial score (nSPS) is 9.55. The van der Waals surface area contributed by atoms with Crippen molar-refractivity contribution in [2.45, 2.75) is 26.2 Å². The Kier molecular flexibility index (Phi) is 6.76. The zero-order chi connectivity index (χ0) is 8.53. The van der Waals surface area contributed by atoms with Crippen LogP contribution in [0.15, 0.2) is 0 Å². The molecule has 0 bridgehead atoms. The summed E-state index contributed by atoms with van der Waals surface area (Å²) in [6.45, 7) is 2.40. The van der Waals surface area contributed by atoms with Crippen molar-refractivity contribution in [1.82, 2.24) is 0 Å². The van der Waals surface area contributed by atoms with E-state index in [0.717, 1.165) is 19.3 Å². The molecule has 0 aromatic rings. The van der Waals surface area contributed by atoms with Gasteiger partial charge in [0.2, 0.25) is 0 Å². The van der Waals surface area contributed by atoms with E-state index in [1.165, 1.54) is 0 Å². The van der Waals surface area contributed by atoms with E-state index in [2.05, 4.69) is 21.7 Å². The van der Waals surface area contributed by atoms with E-state index in [0.29, 0.717) is 6.61 Å². The van der Waals surface area contributed by atoms with Gasteiger partial charge < -0.3 is 5.11 Å². The molecule has 0 amide bonds. The van der Waals surface area contributed by atoms with Crippen molar-refractivity contribution in [1.29, 1.82) is 0 Å². The number of rotatable bonds is 6. The largest absolute Gasteiger partial charge is 0.540 e. The SMILES string of the molecule is CCCCCOOOC(=O)O. The van der Waals surface area contributed by atoms with Gasteiger partial charge in [0.25, 0.3) is 0 Å². The van der Waals surface area contributed by atoms with Gasteiger partial charge >= 0.3 is 6.16 Å². The molecule has 0 unspecified atom stereocenters. The maximum Gasteiger partial charge on any atom is 0.540 e. The first-order chi connectivity index (χ1) is 5.27. The molecular formula is C6H12O5. The van der Waals surface area contributed by atoms with E-state index in [1.54, 1.807) is 0 Å². The van der Waals surface area contributed by atoms with Crippen LogP contribution in [0.25, 0.3) is 0 Å². The quantitative estimate of drug-likeness (QED) is 0.368. The highest BCUT2D eigenvalue weighted by atomic mass is 17.5. The summed E-state index contributed by atoms with van der Waals surface area (Å²) in [7, 11) is 0. The van der Waals surface area contributed by atoms with Crippen molar-refractivity contribution >= 4 is 6.16 Å². The average molecular weight is 164 g/mol. The minimum absolute atomic E-state index is 0.348. The van der Waals surface area contributed by atoms with Gasteiger partial charge in [-0.2, -0.15) is 4.89 Å².